The second-order valence-corrected chi connectivity index (χ2v) is 6.21. The van der Waals surface area contributed by atoms with Crippen molar-refractivity contribution in [3.8, 4) is 0 Å². The molecule has 1 aliphatic rings. The Morgan fingerprint density at radius 3 is 2.10 bits per heavy atom. The van der Waals surface area contributed by atoms with Crippen LogP contribution in [0.1, 0.15) is 32.7 Å². The highest BCUT2D eigenvalue weighted by atomic mass is 19.4. The Labute approximate surface area is 165 Å². The molecule has 0 radical (unpaired) electrons. The Hall–Kier alpha value is -3.16. The van der Waals surface area contributed by atoms with Crippen molar-refractivity contribution in [3.05, 3.63) is 32.6 Å². The lowest BCUT2D eigenvalue weighted by atomic mass is 10.1. The van der Waals surface area contributed by atoms with Crippen LogP contribution in [0, 0.1) is 0 Å². The van der Waals surface area contributed by atoms with E-state index >= 15 is 0 Å². The summed E-state index contributed by atoms with van der Waals surface area (Å²) in [5.74, 6) is -2.52. The molecule has 0 aromatic carbocycles. The molecule has 0 saturated carbocycles. The molecular weight excluding hydrogens is 421 g/mol. The molecule has 0 aliphatic carbocycles. The highest BCUT2D eigenvalue weighted by molar-refractivity contribution is 5.68. The normalized spacial score (nSPS) is 23.7. The van der Waals surface area contributed by atoms with Crippen LogP contribution in [0.2, 0.25) is 0 Å². The number of aromatic nitrogens is 2. The number of esters is 3. The van der Waals surface area contributed by atoms with Gasteiger partial charge in [0.1, 0.15) is 18.4 Å². The topological polar surface area (TPSA) is 143 Å². The van der Waals surface area contributed by atoms with Crippen molar-refractivity contribution in [1.82, 2.24) is 9.55 Å². The van der Waals surface area contributed by atoms with E-state index in [0.717, 1.165) is 20.8 Å². The molecule has 0 unspecified atom stereocenters. The van der Waals surface area contributed by atoms with E-state index in [-0.39, 0.29) is 10.6 Å². The smallest absolute Gasteiger partial charge is 0.431 e. The van der Waals surface area contributed by atoms with Crippen molar-refractivity contribution >= 4 is 17.9 Å². The lowest BCUT2D eigenvalue weighted by Crippen LogP contribution is -2.45. The number of nitrogens with zero attached hydrogens (tertiary/aromatic N) is 1. The lowest BCUT2D eigenvalue weighted by molar-refractivity contribution is -0.166. The molecule has 2 heterocycles. The summed E-state index contributed by atoms with van der Waals surface area (Å²) in [5.41, 5.74) is -4.52. The van der Waals surface area contributed by atoms with Gasteiger partial charge in [-0.15, -0.1) is 0 Å². The second kappa shape index (κ2) is 8.69. The van der Waals surface area contributed by atoms with Crippen molar-refractivity contribution in [2.75, 3.05) is 6.61 Å². The lowest BCUT2D eigenvalue weighted by Gasteiger charge is -2.23. The molecule has 0 amide bonds. The molecule has 1 saturated heterocycles. The Morgan fingerprint density at radius 1 is 1.07 bits per heavy atom. The van der Waals surface area contributed by atoms with Crippen LogP contribution in [0.3, 0.4) is 0 Å². The van der Waals surface area contributed by atoms with Crippen LogP contribution in [0.15, 0.2) is 15.7 Å². The van der Waals surface area contributed by atoms with Crippen LogP contribution in [-0.4, -0.2) is 52.4 Å². The fourth-order valence-corrected chi connectivity index (χ4v) is 2.80. The minimum absolute atomic E-state index is 0.121. The minimum Gasteiger partial charge on any atom is -0.463 e. The molecule has 2 rings (SSSR count). The van der Waals surface area contributed by atoms with Crippen LogP contribution in [-0.2, 0) is 39.5 Å². The van der Waals surface area contributed by atoms with Gasteiger partial charge in [0.2, 0.25) is 0 Å². The van der Waals surface area contributed by atoms with E-state index in [1.165, 1.54) is 4.98 Å². The van der Waals surface area contributed by atoms with Gasteiger partial charge in [0.25, 0.3) is 5.56 Å². The van der Waals surface area contributed by atoms with Gasteiger partial charge in [-0.05, 0) is 0 Å². The Balaban J connectivity index is 2.54. The minimum atomic E-state index is -5.00. The molecule has 11 nitrogen and oxygen atoms in total. The first-order valence-corrected chi connectivity index (χ1v) is 8.37. The van der Waals surface area contributed by atoms with Gasteiger partial charge in [-0.2, -0.15) is 13.2 Å². The van der Waals surface area contributed by atoms with Gasteiger partial charge in [0.05, 0.1) is 0 Å². The van der Waals surface area contributed by atoms with E-state index < -0.39 is 72.2 Å². The fourth-order valence-electron chi connectivity index (χ4n) is 2.80. The zero-order valence-corrected chi connectivity index (χ0v) is 15.8. The van der Waals surface area contributed by atoms with Crippen molar-refractivity contribution < 1.29 is 46.5 Å². The fraction of sp³-hybridized carbons (Fsp3) is 0.562. The number of carbonyl (C=O) groups is 3. The summed E-state index contributed by atoms with van der Waals surface area (Å²) in [6.45, 7) is 2.54. The largest absolute Gasteiger partial charge is 0.463 e. The molecule has 1 aromatic heterocycles. The summed E-state index contributed by atoms with van der Waals surface area (Å²) < 4.78 is 59.0. The van der Waals surface area contributed by atoms with Gasteiger partial charge in [0, 0.05) is 26.8 Å². The standard InChI is InChI=1S/C16H17F3N2O9/c1-6(22)27-5-9-12(28-7(2)23)13(29-8(3)24)14(30-9)21-11(25)4-10(16(17,18)19)20-15(21)26/h4,9,12-14H,5H2,1-3H3,(H,20,26)/t9-,12-,13-,14-/m1/s1. The number of halogens is 3. The summed E-state index contributed by atoms with van der Waals surface area (Å²) in [5, 5.41) is 0. The number of hydrogen-bond acceptors (Lipinski definition) is 9. The van der Waals surface area contributed by atoms with E-state index in [9.17, 15) is 37.1 Å². The summed E-state index contributed by atoms with van der Waals surface area (Å²) >= 11 is 0. The maximum absolute atomic E-state index is 12.8. The summed E-state index contributed by atoms with van der Waals surface area (Å²) in [7, 11) is 0. The number of carbonyl (C=O) groups excluding carboxylic acids is 3. The number of aromatic amines is 1. The zero-order chi connectivity index (χ0) is 22.8. The van der Waals surface area contributed by atoms with Gasteiger partial charge >= 0.3 is 29.8 Å². The van der Waals surface area contributed by atoms with Crippen LogP contribution in [0.25, 0.3) is 0 Å². The molecule has 1 N–H and O–H groups in total. The van der Waals surface area contributed by atoms with Crippen LogP contribution in [0.5, 0.6) is 0 Å². The summed E-state index contributed by atoms with van der Waals surface area (Å²) in [4.78, 5) is 60.0. The van der Waals surface area contributed by atoms with Crippen molar-refractivity contribution in [2.45, 2.75) is 51.5 Å². The number of rotatable bonds is 5. The van der Waals surface area contributed by atoms with Gasteiger partial charge in [-0.25, -0.2) is 9.36 Å². The van der Waals surface area contributed by atoms with Crippen LogP contribution >= 0.6 is 0 Å². The predicted octanol–water partition coefficient (Wildman–Crippen LogP) is -0.121. The van der Waals surface area contributed by atoms with E-state index in [0.29, 0.717) is 0 Å². The first-order chi connectivity index (χ1) is 13.8. The van der Waals surface area contributed by atoms with Crippen molar-refractivity contribution in [2.24, 2.45) is 0 Å². The van der Waals surface area contributed by atoms with Gasteiger partial charge in [-0.3, -0.25) is 19.2 Å². The SMILES string of the molecule is CC(=O)OC[C@H]1O[C@@H](n2c(=O)cc(C(F)(F)F)[nH]c2=O)[C@H](OC(C)=O)[C@@H]1OC(C)=O. The average Bonchev–Trinajstić information content (AvgIpc) is 2.88. The monoisotopic (exact) mass is 438 g/mol. The molecule has 4 atom stereocenters. The third-order valence-corrected chi connectivity index (χ3v) is 3.87. The second-order valence-electron chi connectivity index (χ2n) is 6.21. The van der Waals surface area contributed by atoms with Gasteiger partial charge < -0.3 is 23.9 Å². The number of alkyl halides is 3. The predicted molar refractivity (Wildman–Crippen MR) is 88.0 cm³/mol. The van der Waals surface area contributed by atoms with E-state index in [1.54, 1.807) is 0 Å². The van der Waals surface area contributed by atoms with Crippen molar-refractivity contribution in [3.63, 3.8) is 0 Å². The molecule has 166 valence electrons. The maximum Gasteiger partial charge on any atom is 0.431 e. The zero-order valence-electron chi connectivity index (χ0n) is 15.8. The summed E-state index contributed by atoms with van der Waals surface area (Å²) in [6.07, 6.45) is -11.1. The maximum atomic E-state index is 12.8. The van der Waals surface area contributed by atoms with E-state index in [1.807, 2.05) is 0 Å². The van der Waals surface area contributed by atoms with Crippen LogP contribution in [0.4, 0.5) is 13.2 Å². The van der Waals surface area contributed by atoms with Gasteiger partial charge in [0.15, 0.2) is 18.4 Å². The molecule has 30 heavy (non-hydrogen) atoms. The quantitative estimate of drug-likeness (QED) is 0.492. The molecule has 0 spiro atoms. The average molecular weight is 438 g/mol. The molecular formula is C16H17F3N2O9. The molecule has 1 fully saturated rings. The highest BCUT2D eigenvalue weighted by Crippen LogP contribution is 2.33. The van der Waals surface area contributed by atoms with Crippen LogP contribution < -0.4 is 11.2 Å². The van der Waals surface area contributed by atoms with E-state index in [4.69, 9.17) is 18.9 Å². The van der Waals surface area contributed by atoms with Crippen molar-refractivity contribution in [1.29, 1.82) is 0 Å². The Kier molecular flexibility index (Phi) is 6.70. The number of H-pyrrole nitrogens is 1. The first kappa shape index (κ1) is 23.1. The Morgan fingerprint density at radius 2 is 1.63 bits per heavy atom. The molecule has 0 bridgehead atoms. The first-order valence-electron chi connectivity index (χ1n) is 8.37. The molecule has 1 aromatic rings. The molecule has 1 aliphatic heterocycles. The summed E-state index contributed by atoms with van der Waals surface area (Å²) in [6, 6.07) is 0.121. The third-order valence-electron chi connectivity index (χ3n) is 3.87. The Bertz CT molecular complexity index is 921. The van der Waals surface area contributed by atoms with E-state index in [2.05, 4.69) is 0 Å². The third kappa shape index (κ3) is 5.25. The molecule has 14 heteroatoms. The van der Waals surface area contributed by atoms with Gasteiger partial charge in [-0.1, -0.05) is 0 Å². The highest BCUT2D eigenvalue weighted by Gasteiger charge is 2.51. The number of hydrogen-bond donors (Lipinski definition) is 1. The number of ether oxygens (including phenoxy) is 4. The number of nitrogens with one attached hydrogen (secondary N) is 1.